The van der Waals surface area contributed by atoms with Gasteiger partial charge in [-0.2, -0.15) is 0 Å². The van der Waals surface area contributed by atoms with Crippen molar-refractivity contribution in [2.75, 3.05) is 32.8 Å². The molecule has 1 aliphatic carbocycles. The average molecular weight is 434 g/mol. The van der Waals surface area contributed by atoms with Gasteiger partial charge < -0.3 is 9.30 Å². The van der Waals surface area contributed by atoms with Crippen molar-refractivity contribution in [1.29, 1.82) is 0 Å². The molecule has 2 N–H and O–H groups in total. The number of ether oxygens (including phenoxy) is 1. The number of hydroxylamine groups is 1. The van der Waals surface area contributed by atoms with E-state index >= 15 is 0 Å². The number of carbonyl (C=O) groups is 1. The summed E-state index contributed by atoms with van der Waals surface area (Å²) in [5.74, 6) is -0.482. The van der Waals surface area contributed by atoms with E-state index in [0.717, 1.165) is 64.2 Å². The second kappa shape index (κ2) is 9.45. The van der Waals surface area contributed by atoms with Gasteiger partial charge in [0.05, 0.1) is 13.2 Å². The Labute approximate surface area is 188 Å². The van der Waals surface area contributed by atoms with Crippen molar-refractivity contribution in [3.8, 4) is 0 Å². The van der Waals surface area contributed by atoms with E-state index < -0.39 is 5.91 Å². The van der Waals surface area contributed by atoms with Crippen molar-refractivity contribution >= 4 is 16.8 Å². The number of fused-ring (bicyclic) bond motifs is 3. The number of amides is 1. The molecule has 5 rings (SSSR count). The third kappa shape index (κ3) is 4.31. The summed E-state index contributed by atoms with van der Waals surface area (Å²) in [6, 6.07) is 14.5. The maximum absolute atomic E-state index is 11.6. The molecular weight excluding hydrogens is 402 g/mol. The summed E-state index contributed by atoms with van der Waals surface area (Å²) in [5, 5.41) is 10.3. The van der Waals surface area contributed by atoms with E-state index in [-0.39, 0.29) is 0 Å². The molecule has 1 fully saturated rings. The van der Waals surface area contributed by atoms with Crippen LogP contribution in [0.2, 0.25) is 0 Å². The Bertz CT molecular complexity index is 1100. The Balaban J connectivity index is 1.41. The Morgan fingerprint density at radius 1 is 1.00 bits per heavy atom. The summed E-state index contributed by atoms with van der Waals surface area (Å²) in [5.41, 5.74) is 9.02. The van der Waals surface area contributed by atoms with Gasteiger partial charge in [-0.15, -0.1) is 0 Å². The Kier molecular flexibility index (Phi) is 6.26. The van der Waals surface area contributed by atoms with E-state index in [4.69, 9.17) is 9.94 Å². The van der Waals surface area contributed by atoms with Crippen molar-refractivity contribution in [2.45, 2.75) is 38.6 Å². The highest BCUT2D eigenvalue weighted by molar-refractivity contribution is 5.93. The molecule has 6 nitrogen and oxygen atoms in total. The van der Waals surface area contributed by atoms with E-state index in [0.29, 0.717) is 5.56 Å². The van der Waals surface area contributed by atoms with Crippen LogP contribution in [0, 0.1) is 0 Å². The molecule has 1 aromatic heterocycles. The van der Waals surface area contributed by atoms with Crippen LogP contribution in [0.5, 0.6) is 0 Å². The number of hydrogen-bond donors (Lipinski definition) is 2. The molecule has 2 heterocycles. The molecule has 32 heavy (non-hydrogen) atoms. The summed E-state index contributed by atoms with van der Waals surface area (Å²) in [7, 11) is 0. The fraction of sp³-hybridized carbons (Fsp3) is 0.423. The van der Waals surface area contributed by atoms with Gasteiger partial charge in [0.25, 0.3) is 5.91 Å². The van der Waals surface area contributed by atoms with Crippen LogP contribution < -0.4 is 5.48 Å². The molecule has 1 aliphatic heterocycles. The van der Waals surface area contributed by atoms with E-state index in [2.05, 4.69) is 27.7 Å². The lowest BCUT2D eigenvalue weighted by molar-refractivity contribution is 0.0384. The van der Waals surface area contributed by atoms with Gasteiger partial charge in [0.15, 0.2) is 0 Å². The smallest absolute Gasteiger partial charge is 0.274 e. The first-order valence-electron chi connectivity index (χ1n) is 11.7. The quantitative estimate of drug-likeness (QED) is 0.461. The lowest BCUT2D eigenvalue weighted by Crippen LogP contribution is -2.37. The van der Waals surface area contributed by atoms with Crippen LogP contribution in [0.25, 0.3) is 10.9 Å². The van der Waals surface area contributed by atoms with Crippen LogP contribution in [0.15, 0.2) is 42.5 Å². The highest BCUT2D eigenvalue weighted by atomic mass is 16.5. The fourth-order valence-electron chi connectivity index (χ4n) is 5.14. The van der Waals surface area contributed by atoms with Gasteiger partial charge in [0.2, 0.25) is 0 Å². The lowest BCUT2D eigenvalue weighted by atomic mass is 9.95. The largest absolute Gasteiger partial charge is 0.379 e. The third-order valence-corrected chi connectivity index (χ3v) is 6.92. The molecule has 1 saturated heterocycles. The van der Waals surface area contributed by atoms with Gasteiger partial charge in [-0.25, -0.2) is 5.48 Å². The number of aryl methyl sites for hydroxylation is 1. The number of morpholine rings is 1. The normalized spacial score (nSPS) is 16.8. The van der Waals surface area contributed by atoms with Gasteiger partial charge in [0, 0.05) is 48.3 Å². The van der Waals surface area contributed by atoms with E-state index in [1.54, 1.807) is 17.6 Å². The Morgan fingerprint density at radius 2 is 1.75 bits per heavy atom. The predicted molar refractivity (Wildman–Crippen MR) is 124 cm³/mol. The predicted octanol–water partition coefficient (Wildman–Crippen LogP) is 3.56. The number of aromatic nitrogens is 1. The molecule has 0 unspecified atom stereocenters. The monoisotopic (exact) mass is 433 g/mol. The second-order valence-electron chi connectivity index (χ2n) is 8.91. The zero-order valence-electron chi connectivity index (χ0n) is 18.5. The molecule has 2 aliphatic rings. The molecule has 6 heteroatoms. The first kappa shape index (κ1) is 21.2. The van der Waals surface area contributed by atoms with E-state index in [1.165, 1.54) is 40.6 Å². The first-order valence-corrected chi connectivity index (χ1v) is 11.7. The molecule has 168 valence electrons. The zero-order chi connectivity index (χ0) is 21.9. The second-order valence-corrected chi connectivity index (χ2v) is 8.91. The summed E-state index contributed by atoms with van der Waals surface area (Å²) < 4.78 is 7.94. The van der Waals surface area contributed by atoms with Crippen molar-refractivity contribution in [2.24, 2.45) is 0 Å². The topological polar surface area (TPSA) is 66.7 Å². The maximum Gasteiger partial charge on any atom is 0.274 e. The summed E-state index contributed by atoms with van der Waals surface area (Å²) in [6.45, 7) is 5.65. The maximum atomic E-state index is 11.6. The highest BCUT2D eigenvalue weighted by Gasteiger charge is 2.21. The van der Waals surface area contributed by atoms with Crippen LogP contribution in [-0.2, 0) is 30.5 Å². The molecule has 1 amide bonds. The van der Waals surface area contributed by atoms with Gasteiger partial charge in [-0.1, -0.05) is 18.2 Å². The fourth-order valence-corrected chi connectivity index (χ4v) is 5.14. The van der Waals surface area contributed by atoms with Gasteiger partial charge in [-0.05, 0) is 73.1 Å². The Morgan fingerprint density at radius 3 is 2.53 bits per heavy atom. The first-order chi connectivity index (χ1) is 15.7. The number of benzene rings is 2. The summed E-state index contributed by atoms with van der Waals surface area (Å²) >= 11 is 0. The average Bonchev–Trinajstić information content (AvgIpc) is 3.16. The van der Waals surface area contributed by atoms with Crippen molar-refractivity contribution < 1.29 is 14.7 Å². The standard InChI is InChI=1S/C26H31N3O3/c30-26(27-31)21-8-5-20(6-9-21)18-29-24-4-2-1-3-22(24)23-17-19(7-10-25(23)29)11-12-28-13-15-32-16-14-28/h5-10,17,31H,1-4,11-16,18H2,(H,27,30). The number of rotatable bonds is 6. The minimum atomic E-state index is -0.482. The SMILES string of the molecule is O=C(NO)c1ccc(Cn2c3c(c4cc(CCN5CCOCC5)ccc42)CCCC3)cc1. The van der Waals surface area contributed by atoms with E-state index in [1.807, 2.05) is 12.1 Å². The Hall–Kier alpha value is -2.67. The van der Waals surface area contributed by atoms with E-state index in [9.17, 15) is 4.79 Å². The zero-order valence-corrected chi connectivity index (χ0v) is 18.5. The summed E-state index contributed by atoms with van der Waals surface area (Å²) in [4.78, 5) is 14.1. The van der Waals surface area contributed by atoms with Crippen molar-refractivity contribution in [3.05, 3.63) is 70.4 Å². The third-order valence-electron chi connectivity index (χ3n) is 6.92. The lowest BCUT2D eigenvalue weighted by Gasteiger charge is -2.26. The minimum Gasteiger partial charge on any atom is -0.379 e. The number of hydrogen-bond acceptors (Lipinski definition) is 4. The molecule has 3 aromatic rings. The minimum absolute atomic E-state index is 0.459. The van der Waals surface area contributed by atoms with Crippen molar-refractivity contribution in [1.82, 2.24) is 14.9 Å². The number of nitrogens with one attached hydrogen (secondary N) is 1. The number of carbonyl (C=O) groups excluding carboxylic acids is 1. The van der Waals surface area contributed by atoms with Gasteiger partial charge in [-0.3, -0.25) is 14.9 Å². The van der Waals surface area contributed by atoms with Crippen LogP contribution in [-0.4, -0.2) is 53.4 Å². The molecule has 0 radical (unpaired) electrons. The van der Waals surface area contributed by atoms with Gasteiger partial charge in [0.1, 0.15) is 0 Å². The van der Waals surface area contributed by atoms with Crippen LogP contribution >= 0.6 is 0 Å². The molecule has 0 saturated carbocycles. The molecule has 0 spiro atoms. The highest BCUT2D eigenvalue weighted by Crippen LogP contribution is 2.33. The summed E-state index contributed by atoms with van der Waals surface area (Å²) in [6.07, 6.45) is 5.85. The molecule has 2 aromatic carbocycles. The van der Waals surface area contributed by atoms with Crippen LogP contribution in [0.1, 0.15) is 45.6 Å². The van der Waals surface area contributed by atoms with Crippen molar-refractivity contribution in [3.63, 3.8) is 0 Å². The number of nitrogens with zero attached hydrogens (tertiary/aromatic N) is 2. The van der Waals surface area contributed by atoms with Crippen LogP contribution in [0.4, 0.5) is 0 Å². The molecular formula is C26H31N3O3. The molecule has 0 bridgehead atoms. The molecule has 0 atom stereocenters. The van der Waals surface area contributed by atoms with Crippen LogP contribution in [0.3, 0.4) is 0 Å². The van der Waals surface area contributed by atoms with Gasteiger partial charge >= 0.3 is 0 Å².